The number of imidazole rings is 1. The summed E-state index contributed by atoms with van der Waals surface area (Å²) in [6.45, 7) is 3.66. The van der Waals surface area contributed by atoms with Gasteiger partial charge in [0.15, 0.2) is 4.96 Å². The van der Waals surface area contributed by atoms with E-state index in [1.165, 1.54) is 11.0 Å². The minimum absolute atomic E-state index is 0.0792. The molecular weight excluding hydrogens is 537 g/mol. The van der Waals surface area contributed by atoms with Crippen molar-refractivity contribution in [1.82, 2.24) is 9.38 Å². The van der Waals surface area contributed by atoms with Crippen LogP contribution in [0.4, 0.5) is 5.69 Å². The van der Waals surface area contributed by atoms with E-state index in [9.17, 15) is 14.7 Å². The summed E-state index contributed by atoms with van der Waals surface area (Å²) in [5, 5.41) is 12.6. The number of fused-ring (bicyclic) bond motifs is 1. The minimum atomic E-state index is -1.10. The molecule has 0 saturated carbocycles. The highest BCUT2D eigenvalue weighted by Gasteiger charge is 2.29. The number of halogens is 2. The molecule has 3 aromatic heterocycles. The summed E-state index contributed by atoms with van der Waals surface area (Å²) in [6.07, 6.45) is 3.94. The number of benzene rings is 2. The van der Waals surface area contributed by atoms with E-state index in [1.807, 2.05) is 60.3 Å². The first-order valence-corrected chi connectivity index (χ1v) is 13.4. The van der Waals surface area contributed by atoms with Crippen LogP contribution >= 0.6 is 45.9 Å². The lowest BCUT2D eigenvalue weighted by Crippen LogP contribution is -2.37. The van der Waals surface area contributed by atoms with E-state index in [-0.39, 0.29) is 21.5 Å². The highest BCUT2D eigenvalue weighted by molar-refractivity contribution is 7.18. The van der Waals surface area contributed by atoms with Gasteiger partial charge >= 0.3 is 5.97 Å². The molecule has 0 fully saturated rings. The lowest BCUT2D eigenvalue weighted by Gasteiger charge is -2.27. The highest BCUT2D eigenvalue weighted by atomic mass is 35.5. The lowest BCUT2D eigenvalue weighted by molar-refractivity contribution is 0.0703. The number of nitrogens with zero attached hydrogens (tertiary/aromatic N) is 3. The van der Waals surface area contributed by atoms with E-state index in [0.717, 1.165) is 38.0 Å². The van der Waals surface area contributed by atoms with Gasteiger partial charge in [-0.05, 0) is 43.7 Å². The molecule has 0 aliphatic heterocycles. The van der Waals surface area contributed by atoms with E-state index in [4.69, 9.17) is 23.2 Å². The van der Waals surface area contributed by atoms with Crippen LogP contribution in [0.5, 0.6) is 0 Å². The molecule has 6 nitrogen and oxygen atoms in total. The van der Waals surface area contributed by atoms with Crippen molar-refractivity contribution in [1.29, 1.82) is 0 Å². The molecule has 0 bridgehead atoms. The molecule has 0 aliphatic carbocycles. The first-order chi connectivity index (χ1) is 17.2. The number of thiazole rings is 1. The largest absolute Gasteiger partial charge is 0.477 e. The number of hydrogen-bond acceptors (Lipinski definition) is 5. The molecule has 0 saturated heterocycles. The van der Waals surface area contributed by atoms with Crippen LogP contribution in [0.25, 0.3) is 26.7 Å². The summed E-state index contributed by atoms with van der Waals surface area (Å²) in [5.74, 6) is -1.50. The van der Waals surface area contributed by atoms with Gasteiger partial charge in [-0.1, -0.05) is 47.5 Å². The Balaban J connectivity index is 1.52. The molecular formula is C26H19Cl2N3O3S2. The number of carbonyl (C=O) groups excluding carboxylic acids is 1. The minimum Gasteiger partial charge on any atom is -0.477 e. The molecule has 1 N–H and O–H groups in total. The van der Waals surface area contributed by atoms with Crippen LogP contribution in [0.2, 0.25) is 10.0 Å². The Morgan fingerprint density at radius 2 is 1.78 bits per heavy atom. The van der Waals surface area contributed by atoms with Crippen molar-refractivity contribution >= 4 is 68.4 Å². The number of amides is 1. The number of carboxylic acid groups (broad SMARTS) is 1. The summed E-state index contributed by atoms with van der Waals surface area (Å²) < 4.78 is 1.98. The van der Waals surface area contributed by atoms with Crippen LogP contribution in [-0.2, 0) is 0 Å². The second kappa shape index (κ2) is 9.71. The first-order valence-electron chi connectivity index (χ1n) is 10.9. The Bertz CT molecular complexity index is 1570. The molecule has 0 atom stereocenters. The van der Waals surface area contributed by atoms with E-state index in [0.29, 0.717) is 10.7 Å². The first kappa shape index (κ1) is 24.5. The van der Waals surface area contributed by atoms with Crippen molar-refractivity contribution < 1.29 is 14.7 Å². The molecule has 0 aliphatic rings. The maximum atomic E-state index is 13.5. The maximum Gasteiger partial charge on any atom is 0.348 e. The number of carboxylic acids is 1. The number of carbonyl (C=O) groups is 2. The van der Waals surface area contributed by atoms with Crippen LogP contribution in [0.3, 0.4) is 0 Å². The molecule has 2 aromatic carbocycles. The van der Waals surface area contributed by atoms with Gasteiger partial charge in [-0.25, -0.2) is 9.78 Å². The van der Waals surface area contributed by atoms with Gasteiger partial charge in [-0.15, -0.1) is 22.7 Å². The Labute approximate surface area is 225 Å². The monoisotopic (exact) mass is 555 g/mol. The summed E-state index contributed by atoms with van der Waals surface area (Å²) in [5.41, 5.74) is 3.25. The summed E-state index contributed by atoms with van der Waals surface area (Å²) in [7, 11) is 0. The molecule has 182 valence electrons. The lowest BCUT2D eigenvalue weighted by atomic mass is 10.1. The van der Waals surface area contributed by atoms with Crippen LogP contribution in [0.15, 0.2) is 66.3 Å². The predicted octanol–water partition coefficient (Wildman–Crippen LogP) is 7.85. The van der Waals surface area contributed by atoms with Crippen LogP contribution in [-0.4, -0.2) is 32.4 Å². The van der Waals surface area contributed by atoms with E-state index < -0.39 is 11.9 Å². The fraction of sp³-hybridized carbons (Fsp3) is 0.115. The fourth-order valence-electron chi connectivity index (χ4n) is 3.94. The van der Waals surface area contributed by atoms with Gasteiger partial charge in [0.2, 0.25) is 0 Å². The number of anilines is 1. The number of aromatic nitrogens is 2. The van der Waals surface area contributed by atoms with Gasteiger partial charge in [0.05, 0.1) is 22.0 Å². The SMILES string of the molecule is CC(C)N(C(=O)c1ccc(Cl)cc1Cl)c1cc(-c2ccc(-c3cn4ccsc4n3)cc2)sc1C(=O)O. The maximum absolute atomic E-state index is 13.5. The van der Waals surface area contributed by atoms with Gasteiger partial charge in [0.1, 0.15) is 4.88 Å². The Morgan fingerprint density at radius 3 is 2.42 bits per heavy atom. The zero-order valence-electron chi connectivity index (χ0n) is 19.1. The Morgan fingerprint density at radius 1 is 1.06 bits per heavy atom. The summed E-state index contributed by atoms with van der Waals surface area (Å²) >= 11 is 15.0. The third-order valence-corrected chi connectivity index (χ3v) is 8.10. The van der Waals surface area contributed by atoms with Gasteiger partial charge in [-0.3, -0.25) is 9.20 Å². The molecule has 1 amide bonds. The van der Waals surface area contributed by atoms with Crippen molar-refractivity contribution in [2.24, 2.45) is 0 Å². The third-order valence-electron chi connectivity index (χ3n) is 5.62. The van der Waals surface area contributed by atoms with Crippen LogP contribution < -0.4 is 4.90 Å². The fourth-order valence-corrected chi connectivity index (χ4v) is 6.13. The van der Waals surface area contributed by atoms with Gasteiger partial charge < -0.3 is 10.0 Å². The molecule has 36 heavy (non-hydrogen) atoms. The number of aromatic carboxylic acids is 1. The number of rotatable bonds is 6. The second-order valence-corrected chi connectivity index (χ2v) is 11.1. The zero-order chi connectivity index (χ0) is 25.6. The van der Waals surface area contributed by atoms with Crippen molar-refractivity contribution in [2.45, 2.75) is 19.9 Å². The van der Waals surface area contributed by atoms with Crippen molar-refractivity contribution in [3.63, 3.8) is 0 Å². The van der Waals surface area contributed by atoms with Crippen LogP contribution in [0, 0.1) is 0 Å². The average molecular weight is 556 g/mol. The van der Waals surface area contributed by atoms with Gasteiger partial charge in [0, 0.05) is 39.3 Å². The second-order valence-electron chi connectivity index (χ2n) is 8.32. The molecule has 0 radical (unpaired) electrons. The quantitative estimate of drug-likeness (QED) is 0.231. The van der Waals surface area contributed by atoms with Crippen molar-refractivity contribution in [3.8, 4) is 21.7 Å². The molecule has 0 unspecified atom stereocenters. The number of thiophene rings is 1. The van der Waals surface area contributed by atoms with E-state index >= 15 is 0 Å². The standard InChI is InChI=1S/C26H19Cl2N3O3S2/c1-14(2)31(24(32)18-8-7-17(27)11-19(18)28)21-12-22(36-23(21)25(33)34)16-5-3-15(4-6-16)20-13-30-9-10-35-26(30)29-20/h3-14H,1-2H3,(H,33,34). The topological polar surface area (TPSA) is 74.9 Å². The summed E-state index contributed by atoms with van der Waals surface area (Å²) in [4.78, 5) is 33.5. The molecule has 0 spiro atoms. The highest BCUT2D eigenvalue weighted by Crippen LogP contribution is 2.39. The Hall–Kier alpha value is -3.17. The molecule has 5 aromatic rings. The molecule has 3 heterocycles. The predicted molar refractivity (Wildman–Crippen MR) is 147 cm³/mol. The number of hydrogen-bond donors (Lipinski definition) is 1. The van der Waals surface area contributed by atoms with Gasteiger partial charge in [0.25, 0.3) is 5.91 Å². The van der Waals surface area contributed by atoms with Crippen LogP contribution in [0.1, 0.15) is 33.9 Å². The Kier molecular flexibility index (Phi) is 6.61. The van der Waals surface area contributed by atoms with E-state index in [1.54, 1.807) is 29.5 Å². The van der Waals surface area contributed by atoms with Gasteiger partial charge in [-0.2, -0.15) is 0 Å². The van der Waals surface area contributed by atoms with E-state index in [2.05, 4.69) is 4.98 Å². The molecule has 10 heteroatoms. The zero-order valence-corrected chi connectivity index (χ0v) is 22.3. The average Bonchev–Trinajstić information content (AvgIpc) is 3.54. The summed E-state index contributed by atoms with van der Waals surface area (Å²) in [6, 6.07) is 13.8. The normalized spacial score (nSPS) is 11.4. The smallest absolute Gasteiger partial charge is 0.348 e. The van der Waals surface area contributed by atoms with Crippen molar-refractivity contribution in [3.05, 3.63) is 86.8 Å². The molecule has 5 rings (SSSR count). The van der Waals surface area contributed by atoms with Crippen molar-refractivity contribution in [2.75, 3.05) is 4.90 Å². The third kappa shape index (κ3) is 4.53.